The zero-order valence-electron chi connectivity index (χ0n) is 44.3. The highest BCUT2D eigenvalue weighted by Gasteiger charge is 2.26. The van der Waals surface area contributed by atoms with E-state index in [0.717, 1.165) is 70.6 Å². The summed E-state index contributed by atoms with van der Waals surface area (Å²) in [7, 11) is 0. The number of hydrogen-bond acceptors (Lipinski definition) is 5. The molecule has 0 saturated carbocycles. The summed E-state index contributed by atoms with van der Waals surface area (Å²) in [5.41, 5.74) is 0. The predicted octanol–water partition coefficient (Wildman–Crippen LogP) is 18.4. The van der Waals surface area contributed by atoms with E-state index in [-0.39, 0.29) is 17.7 Å². The highest BCUT2D eigenvalue weighted by Crippen LogP contribution is 2.16. The van der Waals surface area contributed by atoms with Gasteiger partial charge in [-0.25, -0.2) is 0 Å². The van der Waals surface area contributed by atoms with Crippen LogP contribution in [0, 0.1) is 5.92 Å². The van der Waals surface area contributed by atoms with Crippen LogP contribution in [0.5, 0.6) is 0 Å². The number of allylic oxidation sites excluding steroid dienone is 6. The molecule has 1 amide bonds. The molecule has 0 aromatic heterocycles. The van der Waals surface area contributed by atoms with E-state index < -0.39 is 18.1 Å². The number of carbonyl (C=O) groups excluding carboxylic acids is 3. The lowest BCUT2D eigenvalue weighted by molar-refractivity contribution is -0.153. The van der Waals surface area contributed by atoms with E-state index in [1.54, 1.807) is 0 Å². The number of hydrogen-bond donors (Lipinski definition) is 2. The second-order valence-electron chi connectivity index (χ2n) is 19.1. The highest BCUT2D eigenvalue weighted by molar-refractivity contribution is 6.00. The van der Waals surface area contributed by atoms with Gasteiger partial charge in [-0.15, -0.1) is 0 Å². The lowest BCUT2D eigenvalue weighted by Gasteiger charge is -2.21. The van der Waals surface area contributed by atoms with Crippen LogP contribution in [0.3, 0.4) is 0 Å². The van der Waals surface area contributed by atoms with Crippen LogP contribution in [-0.4, -0.2) is 35.0 Å². The summed E-state index contributed by atoms with van der Waals surface area (Å²) >= 11 is 0. The van der Waals surface area contributed by atoms with Gasteiger partial charge in [-0.1, -0.05) is 218 Å². The quantitative estimate of drug-likeness (QED) is 0.0207. The molecule has 0 spiro atoms. The number of aliphatic carboxylic acids is 1. The molecule has 0 aromatic rings. The number of ether oxygens (including phenoxy) is 1. The number of esters is 1. The molecule has 2 atom stereocenters. The molecule has 0 aliphatic carbocycles. The van der Waals surface area contributed by atoms with E-state index in [0.29, 0.717) is 25.7 Å². The molecule has 2 unspecified atom stereocenters. The molecule has 0 saturated heterocycles. The van der Waals surface area contributed by atoms with E-state index in [1.807, 2.05) is 6.92 Å². The SMILES string of the molecule is CCCCCCCCC=CCCCCCCCC(=O)O.CCCCCCCCC=CCCCCCCCC(=O)OC(CC)NC(=O)C(CCCCCCC=CCCCCCCCC)C(C)=O. The molecule has 66 heavy (non-hydrogen) atoms. The molecule has 2 N–H and O–H groups in total. The van der Waals surface area contributed by atoms with Crippen LogP contribution in [0.2, 0.25) is 0 Å². The average molecular weight is 929 g/mol. The molecule has 0 aromatic carbocycles. The number of carboxylic acids is 1. The van der Waals surface area contributed by atoms with Crippen LogP contribution in [0.15, 0.2) is 36.5 Å². The number of Topliss-reactive ketones (excluding diaryl/α,β-unsaturated/α-hetero) is 1. The Labute approximate surface area is 409 Å². The fraction of sp³-hybridized carbons (Fsp3) is 0.831. The molecule has 0 bridgehead atoms. The van der Waals surface area contributed by atoms with Gasteiger partial charge in [0.05, 0.1) is 5.92 Å². The number of unbranched alkanes of at least 4 members (excludes halogenated alkanes) is 32. The average Bonchev–Trinajstić information content (AvgIpc) is 3.30. The van der Waals surface area contributed by atoms with E-state index in [9.17, 15) is 19.2 Å². The van der Waals surface area contributed by atoms with Gasteiger partial charge in [0.15, 0.2) is 6.23 Å². The first-order chi connectivity index (χ1) is 32.2. The minimum Gasteiger partial charge on any atom is -0.481 e. The van der Waals surface area contributed by atoms with Crippen molar-refractivity contribution >= 4 is 23.6 Å². The van der Waals surface area contributed by atoms with Gasteiger partial charge in [0.1, 0.15) is 5.78 Å². The van der Waals surface area contributed by atoms with Gasteiger partial charge in [0, 0.05) is 19.3 Å². The smallest absolute Gasteiger partial charge is 0.307 e. The predicted molar refractivity (Wildman–Crippen MR) is 284 cm³/mol. The maximum absolute atomic E-state index is 12.9. The lowest BCUT2D eigenvalue weighted by atomic mass is 9.96. The second-order valence-corrected chi connectivity index (χ2v) is 19.1. The molecule has 0 aliphatic rings. The van der Waals surface area contributed by atoms with Gasteiger partial charge in [-0.2, -0.15) is 0 Å². The maximum Gasteiger partial charge on any atom is 0.307 e. The number of carbonyl (C=O) groups is 4. The van der Waals surface area contributed by atoms with Crippen molar-refractivity contribution in [2.24, 2.45) is 5.92 Å². The summed E-state index contributed by atoms with van der Waals surface area (Å²) in [6, 6.07) is 0. The Kier molecular flexibility index (Phi) is 54.4. The van der Waals surface area contributed by atoms with Crippen LogP contribution in [0.1, 0.15) is 304 Å². The topological polar surface area (TPSA) is 110 Å². The lowest BCUT2D eigenvalue weighted by Crippen LogP contribution is -2.43. The van der Waals surface area contributed by atoms with E-state index in [4.69, 9.17) is 9.84 Å². The Hall–Kier alpha value is -2.70. The van der Waals surface area contributed by atoms with Gasteiger partial charge >= 0.3 is 11.9 Å². The first-order valence-electron chi connectivity index (χ1n) is 28.4. The van der Waals surface area contributed by atoms with Crippen molar-refractivity contribution < 1.29 is 29.0 Å². The zero-order chi connectivity index (χ0) is 48.8. The minimum absolute atomic E-state index is 0.121. The third kappa shape index (κ3) is 52.3. The van der Waals surface area contributed by atoms with E-state index in [1.165, 1.54) is 180 Å². The third-order valence-corrected chi connectivity index (χ3v) is 12.6. The Morgan fingerprint density at radius 2 is 0.727 bits per heavy atom. The van der Waals surface area contributed by atoms with Gasteiger partial charge < -0.3 is 15.2 Å². The van der Waals surface area contributed by atoms with Crippen LogP contribution in [0.4, 0.5) is 0 Å². The highest BCUT2D eigenvalue weighted by atomic mass is 16.6. The van der Waals surface area contributed by atoms with E-state index >= 15 is 0 Å². The number of amides is 1. The van der Waals surface area contributed by atoms with Gasteiger partial charge in [-0.3, -0.25) is 19.2 Å². The van der Waals surface area contributed by atoms with Crippen molar-refractivity contribution in [2.75, 3.05) is 0 Å². The molecule has 0 aliphatic heterocycles. The summed E-state index contributed by atoms with van der Waals surface area (Å²) in [5.74, 6) is -2.04. The standard InChI is InChI=1S/C41H75NO4.C18H34O2/c1-5-8-10-12-14-16-18-20-22-24-26-28-30-32-34-36-40(44)46-39(7-3)42-41(45)38(37(4)43)35-33-31-29-27-25-23-21-19-17-15-13-11-9-6-2;1-2-3-4-5-6-7-8-9-10-11-12-13-14-15-16-17-18(19)20/h20-23,38-39H,5-19,24-36H2,1-4H3,(H,42,45);9-10H,2-8,11-17H2,1H3,(H,19,20). The molecular formula is C59H109NO6. The molecular weight excluding hydrogens is 819 g/mol. The van der Waals surface area contributed by atoms with Crippen LogP contribution in [-0.2, 0) is 23.9 Å². The molecule has 7 nitrogen and oxygen atoms in total. The van der Waals surface area contributed by atoms with Gasteiger partial charge in [0.2, 0.25) is 5.91 Å². The fourth-order valence-electron chi connectivity index (χ4n) is 8.14. The van der Waals surface area contributed by atoms with Crippen molar-refractivity contribution in [1.82, 2.24) is 5.32 Å². The summed E-state index contributed by atoms with van der Waals surface area (Å²) < 4.78 is 5.55. The van der Waals surface area contributed by atoms with Crippen LogP contribution < -0.4 is 5.32 Å². The van der Waals surface area contributed by atoms with Crippen LogP contribution >= 0.6 is 0 Å². The summed E-state index contributed by atoms with van der Waals surface area (Å²) in [6.07, 6.45) is 61.5. The first-order valence-corrected chi connectivity index (χ1v) is 28.4. The normalized spacial score (nSPS) is 12.4. The number of nitrogens with one attached hydrogen (secondary N) is 1. The third-order valence-electron chi connectivity index (χ3n) is 12.6. The number of carboxylic acid groups (broad SMARTS) is 1. The maximum atomic E-state index is 12.9. The number of ketones is 1. The molecule has 386 valence electrons. The van der Waals surface area contributed by atoms with Crippen molar-refractivity contribution in [1.29, 1.82) is 0 Å². The van der Waals surface area contributed by atoms with Gasteiger partial charge in [-0.05, 0) is 103 Å². The Morgan fingerprint density at radius 3 is 1.05 bits per heavy atom. The van der Waals surface area contributed by atoms with E-state index in [2.05, 4.69) is 62.5 Å². The van der Waals surface area contributed by atoms with Crippen molar-refractivity contribution in [3.05, 3.63) is 36.5 Å². The summed E-state index contributed by atoms with van der Waals surface area (Å²) in [6.45, 7) is 10.1. The largest absolute Gasteiger partial charge is 0.481 e. The molecule has 0 rings (SSSR count). The second kappa shape index (κ2) is 54.9. The Balaban J connectivity index is 0. The number of rotatable bonds is 49. The van der Waals surface area contributed by atoms with Crippen molar-refractivity contribution in [3.63, 3.8) is 0 Å². The Bertz CT molecular complexity index is 1160. The first kappa shape index (κ1) is 65.4. The monoisotopic (exact) mass is 928 g/mol. The van der Waals surface area contributed by atoms with Crippen LogP contribution in [0.25, 0.3) is 0 Å². The molecule has 0 heterocycles. The van der Waals surface area contributed by atoms with Gasteiger partial charge in [0.25, 0.3) is 0 Å². The van der Waals surface area contributed by atoms with Crippen molar-refractivity contribution in [3.8, 4) is 0 Å². The molecule has 0 fully saturated rings. The minimum atomic E-state index is -0.673. The Morgan fingerprint density at radius 1 is 0.424 bits per heavy atom. The fourth-order valence-corrected chi connectivity index (χ4v) is 8.14. The van der Waals surface area contributed by atoms with Crippen molar-refractivity contribution in [2.45, 2.75) is 311 Å². The molecule has 0 radical (unpaired) electrons. The summed E-state index contributed by atoms with van der Waals surface area (Å²) in [5, 5.41) is 11.3. The summed E-state index contributed by atoms with van der Waals surface area (Å²) in [4.78, 5) is 47.8. The zero-order valence-corrected chi connectivity index (χ0v) is 44.3. The molecule has 7 heteroatoms.